The molecule has 3 N–H and O–H groups in total. The van der Waals surface area contributed by atoms with E-state index in [2.05, 4.69) is 5.32 Å². The summed E-state index contributed by atoms with van der Waals surface area (Å²) in [6.07, 6.45) is 4.19. The third kappa shape index (κ3) is 4.10. The van der Waals surface area contributed by atoms with E-state index in [1.165, 1.54) is 12.8 Å². The summed E-state index contributed by atoms with van der Waals surface area (Å²) < 4.78 is 5.62. The summed E-state index contributed by atoms with van der Waals surface area (Å²) in [6, 6.07) is 0.347. The van der Waals surface area contributed by atoms with Crippen LogP contribution in [0.4, 0.5) is 0 Å². The number of carbonyl (C=O) groups excluding carboxylic acids is 1. The maximum atomic E-state index is 11.8. The van der Waals surface area contributed by atoms with Crippen LogP contribution in [0.5, 0.6) is 0 Å². The van der Waals surface area contributed by atoms with Gasteiger partial charge in [0.2, 0.25) is 5.91 Å². The van der Waals surface area contributed by atoms with Crippen molar-refractivity contribution in [2.45, 2.75) is 64.2 Å². The molecule has 1 aliphatic carbocycles. The number of carbonyl (C=O) groups is 1. The van der Waals surface area contributed by atoms with Crippen LogP contribution in [0.15, 0.2) is 0 Å². The number of rotatable bonds is 5. The minimum atomic E-state index is -0.438. The average Bonchev–Trinajstić information content (AvgIpc) is 2.69. The first-order valence-corrected chi connectivity index (χ1v) is 6.13. The second kappa shape index (κ2) is 5.64. The Morgan fingerprint density at radius 1 is 1.50 bits per heavy atom. The van der Waals surface area contributed by atoms with Crippen molar-refractivity contribution in [3.05, 3.63) is 0 Å². The Labute approximate surface area is 97.9 Å². The standard InChI is InChI=1S/C12H24N2O2/c1-9(16-12(2,3)8-13)11(15)14-10-6-4-5-7-10/h9-10H,4-8,13H2,1-3H3,(H,14,15). The lowest BCUT2D eigenvalue weighted by atomic mass is 10.1. The molecule has 0 heterocycles. The smallest absolute Gasteiger partial charge is 0.249 e. The number of nitrogens with one attached hydrogen (secondary N) is 1. The molecule has 0 aromatic rings. The van der Waals surface area contributed by atoms with Crippen LogP contribution in [-0.2, 0) is 9.53 Å². The number of amides is 1. The van der Waals surface area contributed by atoms with E-state index in [1.807, 2.05) is 13.8 Å². The molecule has 1 unspecified atom stereocenters. The fourth-order valence-electron chi connectivity index (χ4n) is 1.97. The minimum absolute atomic E-state index is 0.0200. The Morgan fingerprint density at radius 2 is 2.06 bits per heavy atom. The molecule has 1 saturated carbocycles. The normalized spacial score (nSPS) is 19.8. The summed E-state index contributed by atoms with van der Waals surface area (Å²) >= 11 is 0. The number of hydrogen-bond acceptors (Lipinski definition) is 3. The predicted molar refractivity (Wildman–Crippen MR) is 64.1 cm³/mol. The fourth-order valence-corrected chi connectivity index (χ4v) is 1.97. The third-order valence-electron chi connectivity index (χ3n) is 3.06. The Morgan fingerprint density at radius 3 is 2.56 bits per heavy atom. The lowest BCUT2D eigenvalue weighted by molar-refractivity contribution is -0.141. The highest BCUT2D eigenvalue weighted by atomic mass is 16.5. The summed E-state index contributed by atoms with van der Waals surface area (Å²) in [5, 5.41) is 3.02. The van der Waals surface area contributed by atoms with Gasteiger partial charge in [-0.3, -0.25) is 4.79 Å². The molecule has 0 aromatic carbocycles. The van der Waals surface area contributed by atoms with Crippen molar-refractivity contribution in [3.8, 4) is 0 Å². The van der Waals surface area contributed by atoms with Gasteiger partial charge in [-0.15, -0.1) is 0 Å². The van der Waals surface area contributed by atoms with Crippen LogP contribution in [0.3, 0.4) is 0 Å². The molecule has 0 saturated heterocycles. The van der Waals surface area contributed by atoms with E-state index in [-0.39, 0.29) is 5.91 Å². The Bertz CT molecular complexity index is 235. The van der Waals surface area contributed by atoms with Gasteiger partial charge in [0, 0.05) is 12.6 Å². The Balaban J connectivity index is 2.35. The van der Waals surface area contributed by atoms with Gasteiger partial charge in [-0.1, -0.05) is 12.8 Å². The van der Waals surface area contributed by atoms with Gasteiger partial charge in [-0.2, -0.15) is 0 Å². The SMILES string of the molecule is CC(OC(C)(C)CN)C(=O)NC1CCCC1. The van der Waals surface area contributed by atoms with Crippen LogP contribution in [0.25, 0.3) is 0 Å². The van der Waals surface area contributed by atoms with Crippen molar-refractivity contribution in [2.75, 3.05) is 6.54 Å². The van der Waals surface area contributed by atoms with Gasteiger partial charge in [0.25, 0.3) is 0 Å². The van der Waals surface area contributed by atoms with Crippen molar-refractivity contribution in [1.82, 2.24) is 5.32 Å². The molecule has 94 valence electrons. The molecule has 1 rings (SSSR count). The van der Waals surface area contributed by atoms with Crippen molar-refractivity contribution in [3.63, 3.8) is 0 Å². The highest BCUT2D eigenvalue weighted by Gasteiger charge is 2.26. The van der Waals surface area contributed by atoms with Crippen molar-refractivity contribution in [1.29, 1.82) is 0 Å². The summed E-state index contributed by atoms with van der Waals surface area (Å²) in [5.41, 5.74) is 5.12. The summed E-state index contributed by atoms with van der Waals surface area (Å²) in [6.45, 7) is 5.98. The number of hydrogen-bond donors (Lipinski definition) is 2. The molecule has 0 aliphatic heterocycles. The van der Waals surface area contributed by atoms with Gasteiger partial charge >= 0.3 is 0 Å². The molecule has 0 radical (unpaired) electrons. The zero-order valence-electron chi connectivity index (χ0n) is 10.6. The van der Waals surface area contributed by atoms with Gasteiger partial charge < -0.3 is 15.8 Å². The van der Waals surface area contributed by atoms with Gasteiger partial charge in [0.15, 0.2) is 0 Å². The van der Waals surface area contributed by atoms with Crippen molar-refractivity contribution < 1.29 is 9.53 Å². The maximum Gasteiger partial charge on any atom is 0.249 e. The predicted octanol–water partition coefficient (Wildman–Crippen LogP) is 1.19. The lowest BCUT2D eigenvalue weighted by Gasteiger charge is -2.27. The molecule has 1 atom stereocenters. The summed E-state index contributed by atoms with van der Waals surface area (Å²) in [7, 11) is 0. The van der Waals surface area contributed by atoms with Gasteiger partial charge in [0.1, 0.15) is 6.10 Å². The highest BCUT2D eigenvalue weighted by molar-refractivity contribution is 5.80. The van der Waals surface area contributed by atoms with Crippen molar-refractivity contribution >= 4 is 5.91 Å². The van der Waals surface area contributed by atoms with E-state index in [1.54, 1.807) is 6.92 Å². The van der Waals surface area contributed by atoms with Crippen LogP contribution >= 0.6 is 0 Å². The first-order chi connectivity index (χ1) is 7.44. The monoisotopic (exact) mass is 228 g/mol. The van der Waals surface area contributed by atoms with Crippen LogP contribution < -0.4 is 11.1 Å². The summed E-state index contributed by atoms with van der Waals surface area (Å²) in [4.78, 5) is 11.8. The topological polar surface area (TPSA) is 64.3 Å². The Hall–Kier alpha value is -0.610. The largest absolute Gasteiger partial charge is 0.362 e. The zero-order valence-corrected chi connectivity index (χ0v) is 10.6. The molecule has 1 fully saturated rings. The molecule has 0 spiro atoms. The molecule has 0 aromatic heterocycles. The van der Waals surface area contributed by atoms with Crippen LogP contribution in [0.1, 0.15) is 46.5 Å². The van der Waals surface area contributed by atoms with E-state index >= 15 is 0 Å². The second-order valence-electron chi connectivity index (χ2n) is 5.21. The van der Waals surface area contributed by atoms with E-state index in [0.29, 0.717) is 12.6 Å². The van der Waals surface area contributed by atoms with E-state index < -0.39 is 11.7 Å². The van der Waals surface area contributed by atoms with Crippen LogP contribution in [-0.4, -0.2) is 30.2 Å². The molecular formula is C12H24N2O2. The molecular weight excluding hydrogens is 204 g/mol. The van der Waals surface area contributed by atoms with Crippen LogP contribution in [0.2, 0.25) is 0 Å². The molecule has 16 heavy (non-hydrogen) atoms. The zero-order chi connectivity index (χ0) is 12.2. The first-order valence-electron chi connectivity index (χ1n) is 6.13. The molecule has 4 nitrogen and oxygen atoms in total. The van der Waals surface area contributed by atoms with E-state index in [4.69, 9.17) is 10.5 Å². The van der Waals surface area contributed by atoms with Gasteiger partial charge in [-0.25, -0.2) is 0 Å². The maximum absolute atomic E-state index is 11.8. The molecule has 0 bridgehead atoms. The van der Waals surface area contributed by atoms with Gasteiger partial charge in [-0.05, 0) is 33.6 Å². The van der Waals surface area contributed by atoms with E-state index in [0.717, 1.165) is 12.8 Å². The number of nitrogens with two attached hydrogens (primary N) is 1. The van der Waals surface area contributed by atoms with E-state index in [9.17, 15) is 4.79 Å². The molecule has 1 amide bonds. The summed E-state index contributed by atoms with van der Waals surface area (Å²) in [5.74, 6) is -0.0200. The molecule has 1 aliphatic rings. The fraction of sp³-hybridized carbons (Fsp3) is 0.917. The lowest BCUT2D eigenvalue weighted by Crippen LogP contribution is -2.45. The Kier molecular flexibility index (Phi) is 4.74. The molecule has 4 heteroatoms. The second-order valence-corrected chi connectivity index (χ2v) is 5.21. The van der Waals surface area contributed by atoms with Gasteiger partial charge in [0.05, 0.1) is 5.60 Å². The third-order valence-corrected chi connectivity index (χ3v) is 3.06. The van der Waals surface area contributed by atoms with Crippen molar-refractivity contribution in [2.24, 2.45) is 5.73 Å². The number of ether oxygens (including phenoxy) is 1. The highest BCUT2D eigenvalue weighted by Crippen LogP contribution is 2.18. The quantitative estimate of drug-likeness (QED) is 0.743. The minimum Gasteiger partial charge on any atom is -0.362 e. The van der Waals surface area contributed by atoms with Crippen LogP contribution in [0, 0.1) is 0 Å². The first kappa shape index (κ1) is 13.5. The average molecular weight is 228 g/mol.